The van der Waals surface area contributed by atoms with Gasteiger partial charge in [0.1, 0.15) is 11.4 Å². The number of fused-ring (bicyclic) bond motifs is 1. The van der Waals surface area contributed by atoms with Crippen molar-refractivity contribution in [3.8, 4) is 16.9 Å². The Morgan fingerprint density at radius 1 is 1.06 bits per heavy atom. The smallest absolute Gasteiger partial charge is 0.126 e. The number of rotatable bonds is 5. The van der Waals surface area contributed by atoms with Crippen LogP contribution in [0.1, 0.15) is 17.3 Å². The van der Waals surface area contributed by atoms with E-state index >= 15 is 0 Å². The fraction of sp³-hybridized carbons (Fsp3) is 0.348. The van der Waals surface area contributed by atoms with Gasteiger partial charge in [0, 0.05) is 62.3 Å². The molecule has 1 fully saturated rings. The van der Waals surface area contributed by atoms with Crippen molar-refractivity contribution < 1.29 is 4.74 Å². The lowest BCUT2D eigenvalue weighted by atomic mass is 10.0. The molecule has 1 atom stereocenters. The standard InChI is InChI=1S/C23H27N7O/c1-27-10-11-29(14-17-12-24-28(2)13-17)16-21(27)23-20-9-8-18(15-30(20)26-25-23)19-6-4-5-7-22(19)31-3/h4-9,12-13,15,21H,10-11,14,16H2,1-3H3. The molecule has 0 amide bonds. The number of methoxy groups -OCH3 is 1. The number of ether oxygens (including phenoxy) is 1. The van der Waals surface area contributed by atoms with E-state index < -0.39 is 0 Å². The number of hydrogen-bond donors (Lipinski definition) is 0. The average molecular weight is 418 g/mol. The molecular formula is C23H27N7O. The molecule has 31 heavy (non-hydrogen) atoms. The van der Waals surface area contributed by atoms with Crippen LogP contribution in [0.2, 0.25) is 0 Å². The van der Waals surface area contributed by atoms with Crippen molar-refractivity contribution in [2.75, 3.05) is 33.8 Å². The minimum Gasteiger partial charge on any atom is -0.496 e. The molecule has 4 aromatic rings. The highest BCUT2D eigenvalue weighted by Crippen LogP contribution is 2.31. The number of likely N-dealkylation sites (N-methyl/N-ethyl adjacent to an activating group) is 1. The SMILES string of the molecule is COc1ccccc1-c1ccc2c(C3CN(Cc4cnn(C)c4)CCN3C)nnn2c1. The van der Waals surface area contributed by atoms with Crippen molar-refractivity contribution in [3.05, 3.63) is 66.2 Å². The molecular weight excluding hydrogens is 390 g/mol. The predicted octanol–water partition coefficient (Wildman–Crippen LogP) is 2.63. The first-order valence-corrected chi connectivity index (χ1v) is 10.5. The van der Waals surface area contributed by atoms with E-state index in [-0.39, 0.29) is 6.04 Å². The lowest BCUT2D eigenvalue weighted by Crippen LogP contribution is -2.46. The van der Waals surface area contributed by atoms with Crippen LogP contribution in [0.4, 0.5) is 0 Å². The second kappa shape index (κ2) is 8.13. The molecule has 1 aliphatic rings. The predicted molar refractivity (Wildman–Crippen MR) is 119 cm³/mol. The minimum absolute atomic E-state index is 0.194. The summed E-state index contributed by atoms with van der Waals surface area (Å²) in [5.41, 5.74) is 5.39. The number of para-hydroxylation sites is 1. The van der Waals surface area contributed by atoms with Crippen LogP contribution in [0.15, 0.2) is 55.0 Å². The van der Waals surface area contributed by atoms with Crippen LogP contribution in [0.25, 0.3) is 16.6 Å². The van der Waals surface area contributed by atoms with Gasteiger partial charge in [-0.25, -0.2) is 4.52 Å². The molecule has 0 aliphatic carbocycles. The van der Waals surface area contributed by atoms with E-state index in [1.807, 2.05) is 46.8 Å². The zero-order chi connectivity index (χ0) is 21.4. The molecule has 1 unspecified atom stereocenters. The van der Waals surface area contributed by atoms with Gasteiger partial charge in [0.15, 0.2) is 0 Å². The molecule has 160 valence electrons. The van der Waals surface area contributed by atoms with Gasteiger partial charge in [0.05, 0.1) is 24.9 Å². The second-order valence-electron chi connectivity index (χ2n) is 8.18. The number of hydrogen-bond acceptors (Lipinski definition) is 6. The molecule has 0 N–H and O–H groups in total. The van der Waals surface area contributed by atoms with Crippen LogP contribution >= 0.6 is 0 Å². The summed E-state index contributed by atoms with van der Waals surface area (Å²) in [6, 6.07) is 12.5. The fourth-order valence-corrected chi connectivity index (χ4v) is 4.37. The van der Waals surface area contributed by atoms with Crippen LogP contribution in [0.3, 0.4) is 0 Å². The molecule has 3 aromatic heterocycles. The quantitative estimate of drug-likeness (QED) is 0.497. The number of piperazine rings is 1. The Balaban J connectivity index is 1.42. The zero-order valence-electron chi connectivity index (χ0n) is 18.1. The third-order valence-electron chi connectivity index (χ3n) is 6.07. The maximum Gasteiger partial charge on any atom is 0.126 e. The Labute approximate surface area is 181 Å². The van der Waals surface area contributed by atoms with Crippen molar-refractivity contribution in [2.24, 2.45) is 7.05 Å². The van der Waals surface area contributed by atoms with Gasteiger partial charge in [-0.2, -0.15) is 5.10 Å². The maximum absolute atomic E-state index is 5.52. The molecule has 0 radical (unpaired) electrons. The number of pyridine rings is 1. The molecule has 1 aliphatic heterocycles. The van der Waals surface area contributed by atoms with E-state index in [0.29, 0.717) is 0 Å². The van der Waals surface area contributed by atoms with Crippen molar-refractivity contribution in [1.29, 1.82) is 0 Å². The highest BCUT2D eigenvalue weighted by Gasteiger charge is 2.29. The van der Waals surface area contributed by atoms with Crippen molar-refractivity contribution in [1.82, 2.24) is 34.4 Å². The summed E-state index contributed by atoms with van der Waals surface area (Å²) in [5, 5.41) is 13.3. The molecule has 0 spiro atoms. The number of aromatic nitrogens is 5. The van der Waals surface area contributed by atoms with Gasteiger partial charge < -0.3 is 4.74 Å². The number of nitrogens with zero attached hydrogens (tertiary/aromatic N) is 7. The van der Waals surface area contributed by atoms with Gasteiger partial charge >= 0.3 is 0 Å². The van der Waals surface area contributed by atoms with Crippen LogP contribution in [-0.2, 0) is 13.6 Å². The summed E-state index contributed by atoms with van der Waals surface area (Å²) in [6.07, 6.45) is 6.06. The topological polar surface area (TPSA) is 63.7 Å². The molecule has 1 saturated heterocycles. The minimum atomic E-state index is 0.194. The molecule has 0 saturated carbocycles. The average Bonchev–Trinajstić information content (AvgIpc) is 3.40. The van der Waals surface area contributed by atoms with Crippen LogP contribution in [0, 0.1) is 0 Å². The molecule has 0 bridgehead atoms. The van der Waals surface area contributed by atoms with E-state index in [2.05, 4.69) is 56.7 Å². The van der Waals surface area contributed by atoms with Gasteiger partial charge in [0.2, 0.25) is 0 Å². The van der Waals surface area contributed by atoms with E-state index in [9.17, 15) is 0 Å². The highest BCUT2D eigenvalue weighted by atomic mass is 16.5. The maximum atomic E-state index is 5.52. The Morgan fingerprint density at radius 2 is 1.94 bits per heavy atom. The number of aryl methyl sites for hydroxylation is 1. The van der Waals surface area contributed by atoms with Gasteiger partial charge in [-0.05, 0) is 19.2 Å². The Bertz CT molecular complexity index is 1200. The molecule has 4 heterocycles. The first-order chi connectivity index (χ1) is 15.1. The van der Waals surface area contributed by atoms with Crippen molar-refractivity contribution in [3.63, 3.8) is 0 Å². The van der Waals surface area contributed by atoms with Crippen LogP contribution < -0.4 is 4.74 Å². The van der Waals surface area contributed by atoms with E-state index in [0.717, 1.165) is 54.3 Å². The van der Waals surface area contributed by atoms with Crippen LogP contribution in [0.5, 0.6) is 5.75 Å². The number of benzene rings is 1. The Hall–Kier alpha value is -3.23. The van der Waals surface area contributed by atoms with Gasteiger partial charge in [-0.15, -0.1) is 5.10 Å². The fourth-order valence-electron chi connectivity index (χ4n) is 4.37. The zero-order valence-corrected chi connectivity index (χ0v) is 18.1. The van der Waals surface area contributed by atoms with Gasteiger partial charge in [0.25, 0.3) is 0 Å². The summed E-state index contributed by atoms with van der Waals surface area (Å²) in [4.78, 5) is 4.84. The largest absolute Gasteiger partial charge is 0.496 e. The van der Waals surface area contributed by atoms with Gasteiger partial charge in [-0.3, -0.25) is 14.5 Å². The summed E-state index contributed by atoms with van der Waals surface area (Å²) in [7, 11) is 5.82. The lowest BCUT2D eigenvalue weighted by Gasteiger charge is -2.38. The summed E-state index contributed by atoms with van der Waals surface area (Å²) in [6.45, 7) is 3.83. The summed E-state index contributed by atoms with van der Waals surface area (Å²) < 4.78 is 9.26. The first-order valence-electron chi connectivity index (χ1n) is 10.5. The third kappa shape index (κ3) is 3.80. The summed E-state index contributed by atoms with van der Waals surface area (Å²) >= 11 is 0. The molecule has 5 rings (SSSR count). The van der Waals surface area contributed by atoms with E-state index in [1.165, 1.54) is 5.56 Å². The van der Waals surface area contributed by atoms with Crippen molar-refractivity contribution >= 4 is 5.52 Å². The highest BCUT2D eigenvalue weighted by molar-refractivity contribution is 5.71. The normalized spacial score (nSPS) is 18.0. The van der Waals surface area contributed by atoms with Crippen LogP contribution in [-0.4, -0.2) is 68.2 Å². The monoisotopic (exact) mass is 417 g/mol. The van der Waals surface area contributed by atoms with E-state index in [4.69, 9.17) is 4.74 Å². The Kier molecular flexibility index (Phi) is 5.17. The van der Waals surface area contributed by atoms with Crippen molar-refractivity contribution in [2.45, 2.75) is 12.6 Å². The lowest BCUT2D eigenvalue weighted by molar-refractivity contribution is 0.0889. The second-order valence-corrected chi connectivity index (χ2v) is 8.18. The summed E-state index contributed by atoms with van der Waals surface area (Å²) in [5.74, 6) is 0.847. The van der Waals surface area contributed by atoms with Gasteiger partial charge in [-0.1, -0.05) is 29.5 Å². The molecule has 8 heteroatoms. The molecule has 8 nitrogen and oxygen atoms in total. The van der Waals surface area contributed by atoms with E-state index in [1.54, 1.807) is 7.11 Å². The third-order valence-corrected chi connectivity index (χ3v) is 6.07. The Morgan fingerprint density at radius 3 is 2.74 bits per heavy atom. The molecule has 1 aromatic carbocycles. The first kappa shape index (κ1) is 19.7.